The average molecular weight is 153 g/mol. The van der Waals surface area contributed by atoms with Crippen LogP contribution in [0.1, 0.15) is 12.8 Å². The highest BCUT2D eigenvalue weighted by Crippen LogP contribution is 2.16. The fourth-order valence-corrected chi connectivity index (χ4v) is 1.60. The maximum Gasteiger partial charge on any atom is 0.0968 e. The molecule has 0 bridgehead atoms. The Bertz CT molecular complexity index is 161. The maximum atomic E-state index is 8.58. The fourth-order valence-electron chi connectivity index (χ4n) is 1.60. The topological polar surface area (TPSA) is 53.0 Å². The second-order valence-corrected chi connectivity index (χ2v) is 3.32. The molecule has 2 N–H and O–H groups in total. The van der Waals surface area contributed by atoms with Crippen LogP contribution in [0.3, 0.4) is 0 Å². The first kappa shape index (κ1) is 8.51. The average Bonchev–Trinajstić information content (AvgIpc) is 2.03. The van der Waals surface area contributed by atoms with Crippen molar-refractivity contribution in [3.05, 3.63) is 0 Å². The molecule has 2 atom stereocenters. The molecule has 1 aliphatic heterocycles. The fraction of sp³-hybridized carbons (Fsp3) is 0.875. The lowest BCUT2D eigenvalue weighted by Gasteiger charge is -2.30. The molecule has 2 unspecified atom stereocenters. The second-order valence-electron chi connectivity index (χ2n) is 3.32. The van der Waals surface area contributed by atoms with Gasteiger partial charge in [-0.1, -0.05) is 0 Å². The number of nitrogens with zero attached hydrogens (tertiary/aromatic N) is 2. The zero-order valence-corrected chi connectivity index (χ0v) is 6.95. The number of nitrogens with two attached hydrogens (primary N) is 1. The first-order chi connectivity index (χ1) is 5.24. The molecule has 0 aromatic carbocycles. The van der Waals surface area contributed by atoms with E-state index in [2.05, 4.69) is 18.0 Å². The van der Waals surface area contributed by atoms with E-state index in [1.54, 1.807) is 0 Å². The lowest BCUT2D eigenvalue weighted by Crippen LogP contribution is -2.41. The van der Waals surface area contributed by atoms with Gasteiger partial charge in [0.2, 0.25) is 0 Å². The highest BCUT2D eigenvalue weighted by atomic mass is 15.1. The van der Waals surface area contributed by atoms with Crippen LogP contribution < -0.4 is 5.73 Å². The number of likely N-dealkylation sites (tertiary alicyclic amines) is 1. The number of hydrogen-bond donors (Lipinski definition) is 1. The zero-order chi connectivity index (χ0) is 8.27. The van der Waals surface area contributed by atoms with Crippen LogP contribution in [0.4, 0.5) is 0 Å². The third-order valence-corrected chi connectivity index (χ3v) is 2.32. The summed E-state index contributed by atoms with van der Waals surface area (Å²) in [5, 5.41) is 8.58. The highest BCUT2D eigenvalue weighted by Gasteiger charge is 2.22. The van der Waals surface area contributed by atoms with Gasteiger partial charge in [-0.2, -0.15) is 5.26 Å². The van der Waals surface area contributed by atoms with Gasteiger partial charge < -0.3 is 10.6 Å². The van der Waals surface area contributed by atoms with Crippen molar-refractivity contribution in [2.24, 2.45) is 11.7 Å². The van der Waals surface area contributed by atoms with Crippen molar-refractivity contribution in [3.8, 4) is 6.07 Å². The van der Waals surface area contributed by atoms with Gasteiger partial charge in [0, 0.05) is 12.5 Å². The van der Waals surface area contributed by atoms with E-state index in [4.69, 9.17) is 11.0 Å². The van der Waals surface area contributed by atoms with Crippen molar-refractivity contribution in [1.29, 1.82) is 5.26 Å². The lowest BCUT2D eigenvalue weighted by molar-refractivity contribution is 0.201. The molecule has 1 heterocycles. The van der Waals surface area contributed by atoms with Crippen LogP contribution in [0, 0.1) is 17.2 Å². The summed E-state index contributed by atoms with van der Waals surface area (Å²) in [6.45, 7) is 2.13. The molecule has 62 valence electrons. The van der Waals surface area contributed by atoms with Crippen LogP contribution in [0.5, 0.6) is 0 Å². The van der Waals surface area contributed by atoms with E-state index < -0.39 is 0 Å². The molecular formula is C8H15N3. The molecule has 0 aliphatic carbocycles. The molecule has 0 radical (unpaired) electrons. The molecular weight excluding hydrogens is 138 g/mol. The van der Waals surface area contributed by atoms with E-state index in [0.717, 1.165) is 19.5 Å². The highest BCUT2D eigenvalue weighted by molar-refractivity contribution is 4.94. The number of nitriles is 1. The minimum Gasteiger partial charge on any atom is -0.316 e. The molecule has 1 aliphatic rings. The van der Waals surface area contributed by atoms with Crippen LogP contribution in [0.25, 0.3) is 0 Å². The molecule has 1 rings (SSSR count). The van der Waals surface area contributed by atoms with Gasteiger partial charge >= 0.3 is 0 Å². The summed E-state index contributed by atoms with van der Waals surface area (Å²) in [6, 6.07) is 1.84. The van der Waals surface area contributed by atoms with Crippen molar-refractivity contribution in [1.82, 2.24) is 4.90 Å². The monoisotopic (exact) mass is 153 g/mol. The predicted molar refractivity (Wildman–Crippen MR) is 43.8 cm³/mol. The normalized spacial score (nSPS) is 29.4. The van der Waals surface area contributed by atoms with Crippen LogP contribution in [-0.4, -0.2) is 31.1 Å². The Balaban J connectivity index is 2.40. The maximum absolute atomic E-state index is 8.58. The Morgan fingerprint density at radius 3 is 3.00 bits per heavy atom. The van der Waals surface area contributed by atoms with Gasteiger partial charge in [-0.3, -0.25) is 0 Å². The van der Waals surface area contributed by atoms with E-state index in [1.165, 1.54) is 6.42 Å². The van der Waals surface area contributed by atoms with Gasteiger partial charge in [0.1, 0.15) is 0 Å². The molecule has 3 nitrogen and oxygen atoms in total. The summed E-state index contributed by atoms with van der Waals surface area (Å²) in [4.78, 5) is 2.24. The minimum atomic E-state index is -0.266. The SMILES string of the molecule is CN1CCCC(C(N)C#N)C1. The first-order valence-electron chi connectivity index (χ1n) is 4.08. The molecule has 0 aromatic heterocycles. The Kier molecular flexibility index (Phi) is 2.86. The lowest BCUT2D eigenvalue weighted by atomic mass is 9.92. The summed E-state index contributed by atoms with van der Waals surface area (Å²) in [6.07, 6.45) is 2.29. The first-order valence-corrected chi connectivity index (χ1v) is 4.08. The van der Waals surface area contributed by atoms with Gasteiger partial charge in [-0.05, 0) is 26.4 Å². The molecule has 0 amide bonds. The van der Waals surface area contributed by atoms with Crippen molar-refractivity contribution < 1.29 is 0 Å². The molecule has 11 heavy (non-hydrogen) atoms. The van der Waals surface area contributed by atoms with Gasteiger partial charge in [0.25, 0.3) is 0 Å². The van der Waals surface area contributed by atoms with Crippen LogP contribution >= 0.6 is 0 Å². The predicted octanol–water partition coefficient (Wildman–Crippen LogP) is 0.179. The molecule has 0 spiro atoms. The third-order valence-electron chi connectivity index (χ3n) is 2.32. The van der Waals surface area contributed by atoms with E-state index in [9.17, 15) is 0 Å². The second kappa shape index (κ2) is 3.70. The van der Waals surface area contributed by atoms with Crippen LogP contribution in [-0.2, 0) is 0 Å². The van der Waals surface area contributed by atoms with Crippen molar-refractivity contribution in [3.63, 3.8) is 0 Å². The minimum absolute atomic E-state index is 0.266. The zero-order valence-electron chi connectivity index (χ0n) is 6.95. The smallest absolute Gasteiger partial charge is 0.0968 e. The quantitative estimate of drug-likeness (QED) is 0.584. The van der Waals surface area contributed by atoms with Crippen LogP contribution in [0.15, 0.2) is 0 Å². The summed E-state index contributed by atoms with van der Waals surface area (Å²) < 4.78 is 0. The molecule has 1 fully saturated rings. The van der Waals surface area contributed by atoms with Gasteiger partial charge in [-0.25, -0.2) is 0 Å². The standard InChI is InChI=1S/C8H15N3/c1-11-4-2-3-7(6-11)8(10)5-9/h7-8H,2-4,6,10H2,1H3. The number of rotatable bonds is 1. The van der Waals surface area contributed by atoms with Gasteiger partial charge in [0.15, 0.2) is 0 Å². The Labute approximate surface area is 67.8 Å². The van der Waals surface area contributed by atoms with Gasteiger partial charge in [-0.15, -0.1) is 0 Å². The van der Waals surface area contributed by atoms with Crippen molar-refractivity contribution in [2.45, 2.75) is 18.9 Å². The van der Waals surface area contributed by atoms with E-state index in [0.29, 0.717) is 5.92 Å². The Morgan fingerprint density at radius 1 is 1.73 bits per heavy atom. The summed E-state index contributed by atoms with van der Waals surface area (Å²) in [5.74, 6) is 0.388. The largest absolute Gasteiger partial charge is 0.316 e. The summed E-state index contributed by atoms with van der Waals surface area (Å²) in [5.41, 5.74) is 5.62. The summed E-state index contributed by atoms with van der Waals surface area (Å²) >= 11 is 0. The Hall–Kier alpha value is -0.590. The molecule has 3 heteroatoms. The van der Waals surface area contributed by atoms with E-state index >= 15 is 0 Å². The van der Waals surface area contributed by atoms with Crippen molar-refractivity contribution >= 4 is 0 Å². The molecule has 0 saturated carbocycles. The number of hydrogen-bond acceptors (Lipinski definition) is 3. The Morgan fingerprint density at radius 2 is 2.45 bits per heavy atom. The third kappa shape index (κ3) is 2.18. The van der Waals surface area contributed by atoms with E-state index in [1.807, 2.05) is 0 Å². The van der Waals surface area contributed by atoms with E-state index in [-0.39, 0.29) is 6.04 Å². The van der Waals surface area contributed by atoms with Crippen molar-refractivity contribution in [2.75, 3.05) is 20.1 Å². The van der Waals surface area contributed by atoms with Crippen LogP contribution in [0.2, 0.25) is 0 Å². The van der Waals surface area contributed by atoms with Gasteiger partial charge in [0.05, 0.1) is 12.1 Å². The summed E-state index contributed by atoms with van der Waals surface area (Å²) in [7, 11) is 2.08. The molecule has 0 aromatic rings. The number of piperidine rings is 1. The molecule has 1 saturated heterocycles.